The summed E-state index contributed by atoms with van der Waals surface area (Å²) < 4.78 is 1.62. The van der Waals surface area contributed by atoms with Gasteiger partial charge in [0.15, 0.2) is 0 Å². The number of tetrazole rings is 1. The van der Waals surface area contributed by atoms with Crippen molar-refractivity contribution in [2.24, 2.45) is 0 Å². The first-order valence-corrected chi connectivity index (χ1v) is 9.49. The van der Waals surface area contributed by atoms with Crippen molar-refractivity contribution >= 4 is 11.8 Å². The van der Waals surface area contributed by atoms with Crippen molar-refractivity contribution in [2.45, 2.75) is 51.7 Å². The minimum absolute atomic E-state index is 0.0451. The van der Waals surface area contributed by atoms with Gasteiger partial charge in [0.05, 0.1) is 0 Å². The summed E-state index contributed by atoms with van der Waals surface area (Å²) in [6.07, 6.45) is 3.86. The number of carbonyl (C=O) groups is 2. The maximum Gasteiger partial charge on any atom is 0.224 e. The first-order chi connectivity index (χ1) is 13.2. The Bertz CT molecular complexity index is 734. The average Bonchev–Trinajstić information content (AvgIpc) is 3.15. The van der Waals surface area contributed by atoms with E-state index in [2.05, 4.69) is 22.4 Å². The van der Waals surface area contributed by atoms with Gasteiger partial charge in [-0.15, -0.1) is 5.10 Å². The fraction of sp³-hybridized carbons (Fsp3) is 0.526. The maximum absolute atomic E-state index is 12.7. The predicted octanol–water partition coefficient (Wildman–Crippen LogP) is 1.49. The molecular formula is C19H26N6O2. The van der Waals surface area contributed by atoms with Gasteiger partial charge in [-0.3, -0.25) is 9.59 Å². The van der Waals surface area contributed by atoms with Gasteiger partial charge in [-0.05, 0) is 28.8 Å². The smallest absolute Gasteiger partial charge is 0.224 e. The van der Waals surface area contributed by atoms with Crippen LogP contribution in [0.25, 0.3) is 0 Å². The van der Waals surface area contributed by atoms with Gasteiger partial charge in [0, 0.05) is 45.1 Å². The third kappa shape index (κ3) is 5.12. The van der Waals surface area contributed by atoms with E-state index in [0.29, 0.717) is 45.4 Å². The molecule has 2 heterocycles. The van der Waals surface area contributed by atoms with Crippen LogP contribution >= 0.6 is 0 Å². The van der Waals surface area contributed by atoms with Crippen molar-refractivity contribution in [1.29, 1.82) is 0 Å². The molecule has 1 aliphatic rings. The number of nitrogens with zero attached hydrogens (tertiary/aromatic N) is 6. The van der Waals surface area contributed by atoms with Gasteiger partial charge < -0.3 is 9.80 Å². The second-order valence-corrected chi connectivity index (χ2v) is 6.84. The molecule has 1 aliphatic heterocycles. The van der Waals surface area contributed by atoms with Crippen LogP contribution in [0.15, 0.2) is 36.7 Å². The number of rotatable bonds is 7. The quantitative estimate of drug-likeness (QED) is 0.737. The Morgan fingerprint density at radius 1 is 1.26 bits per heavy atom. The molecule has 8 nitrogen and oxygen atoms in total. The zero-order chi connectivity index (χ0) is 19.1. The Labute approximate surface area is 159 Å². The van der Waals surface area contributed by atoms with Crippen molar-refractivity contribution in [3.8, 4) is 0 Å². The van der Waals surface area contributed by atoms with Gasteiger partial charge >= 0.3 is 0 Å². The fourth-order valence-corrected chi connectivity index (χ4v) is 3.43. The fourth-order valence-electron chi connectivity index (χ4n) is 3.43. The Morgan fingerprint density at radius 3 is 2.78 bits per heavy atom. The first-order valence-electron chi connectivity index (χ1n) is 9.49. The van der Waals surface area contributed by atoms with Gasteiger partial charge in [0.1, 0.15) is 6.33 Å². The first kappa shape index (κ1) is 19.0. The molecule has 1 fully saturated rings. The lowest BCUT2D eigenvalue weighted by atomic mass is 10.1. The van der Waals surface area contributed by atoms with Crippen LogP contribution in [0.1, 0.15) is 38.2 Å². The van der Waals surface area contributed by atoms with Crippen molar-refractivity contribution in [3.63, 3.8) is 0 Å². The summed E-state index contributed by atoms with van der Waals surface area (Å²) in [4.78, 5) is 29.1. The Balaban J connectivity index is 1.58. The number of benzene rings is 1. The lowest BCUT2D eigenvalue weighted by Crippen LogP contribution is -2.43. The van der Waals surface area contributed by atoms with E-state index < -0.39 is 0 Å². The SMILES string of the molecule is CCC1CN(C(=O)CCCn2cnnn2)CCC(=O)N1Cc1ccccc1. The topological polar surface area (TPSA) is 84.2 Å². The molecular weight excluding hydrogens is 344 g/mol. The molecule has 8 heteroatoms. The van der Waals surface area contributed by atoms with Gasteiger partial charge in [0.2, 0.25) is 11.8 Å². The van der Waals surface area contributed by atoms with Gasteiger partial charge in [-0.2, -0.15) is 0 Å². The minimum Gasteiger partial charge on any atom is -0.340 e. The van der Waals surface area contributed by atoms with E-state index in [0.717, 1.165) is 12.0 Å². The molecule has 0 bridgehead atoms. The van der Waals surface area contributed by atoms with Crippen LogP contribution in [0, 0.1) is 0 Å². The second-order valence-electron chi connectivity index (χ2n) is 6.84. The zero-order valence-corrected chi connectivity index (χ0v) is 15.7. The molecule has 144 valence electrons. The van der Waals surface area contributed by atoms with Crippen LogP contribution in [-0.4, -0.2) is 61.0 Å². The molecule has 0 saturated carbocycles. The zero-order valence-electron chi connectivity index (χ0n) is 15.7. The highest BCUT2D eigenvalue weighted by atomic mass is 16.2. The number of carbonyl (C=O) groups excluding carboxylic acids is 2. The number of hydrogen-bond donors (Lipinski definition) is 0. The molecule has 0 aliphatic carbocycles. The third-order valence-electron chi connectivity index (χ3n) is 4.98. The lowest BCUT2D eigenvalue weighted by Gasteiger charge is -2.31. The second kappa shape index (κ2) is 9.25. The monoisotopic (exact) mass is 370 g/mol. The highest BCUT2D eigenvalue weighted by molar-refractivity contribution is 5.80. The molecule has 1 unspecified atom stereocenters. The summed E-state index contributed by atoms with van der Waals surface area (Å²) in [5.74, 6) is 0.213. The Hall–Kier alpha value is -2.77. The van der Waals surface area contributed by atoms with E-state index in [1.165, 1.54) is 0 Å². The summed E-state index contributed by atoms with van der Waals surface area (Å²) in [6, 6.07) is 10.1. The van der Waals surface area contributed by atoms with Crippen LogP contribution in [0.4, 0.5) is 0 Å². The average molecular weight is 370 g/mol. The molecule has 27 heavy (non-hydrogen) atoms. The van der Waals surface area contributed by atoms with Crippen molar-refractivity contribution in [1.82, 2.24) is 30.0 Å². The summed E-state index contributed by atoms with van der Waals surface area (Å²) in [5, 5.41) is 11.0. The molecule has 1 atom stereocenters. The highest BCUT2D eigenvalue weighted by Crippen LogP contribution is 2.18. The summed E-state index contributed by atoms with van der Waals surface area (Å²) >= 11 is 0. The molecule has 2 aromatic rings. The normalized spacial score (nSPS) is 17.8. The minimum atomic E-state index is 0.0451. The Kier molecular flexibility index (Phi) is 6.51. The molecule has 2 amide bonds. The summed E-state index contributed by atoms with van der Waals surface area (Å²) in [6.45, 7) is 4.37. The van der Waals surface area contributed by atoms with Crippen molar-refractivity contribution in [3.05, 3.63) is 42.2 Å². The van der Waals surface area contributed by atoms with Crippen molar-refractivity contribution < 1.29 is 9.59 Å². The molecule has 0 radical (unpaired) electrons. The number of hydrogen-bond acceptors (Lipinski definition) is 5. The Morgan fingerprint density at radius 2 is 2.07 bits per heavy atom. The molecule has 1 aromatic carbocycles. The standard InChI is InChI=1S/C19H26N6O2/c1-2-17-14-23(18(26)9-6-11-24-15-20-21-22-24)12-10-19(27)25(17)13-16-7-4-3-5-8-16/h3-5,7-8,15,17H,2,6,9-14H2,1H3. The van der Waals surface area contributed by atoms with E-state index in [1.54, 1.807) is 11.0 Å². The maximum atomic E-state index is 12.7. The van der Waals surface area contributed by atoms with Gasteiger partial charge in [-0.1, -0.05) is 37.3 Å². The predicted molar refractivity (Wildman–Crippen MR) is 99.3 cm³/mol. The highest BCUT2D eigenvalue weighted by Gasteiger charge is 2.30. The molecule has 1 aromatic heterocycles. The van der Waals surface area contributed by atoms with E-state index in [-0.39, 0.29) is 17.9 Å². The van der Waals surface area contributed by atoms with E-state index in [9.17, 15) is 9.59 Å². The van der Waals surface area contributed by atoms with E-state index in [1.807, 2.05) is 40.1 Å². The van der Waals surface area contributed by atoms with Crippen LogP contribution < -0.4 is 0 Å². The number of aromatic nitrogens is 4. The molecule has 1 saturated heterocycles. The van der Waals surface area contributed by atoms with Crippen molar-refractivity contribution in [2.75, 3.05) is 13.1 Å². The van der Waals surface area contributed by atoms with E-state index >= 15 is 0 Å². The molecule has 0 spiro atoms. The van der Waals surface area contributed by atoms with Crippen LogP contribution in [0.2, 0.25) is 0 Å². The van der Waals surface area contributed by atoms with Gasteiger partial charge in [0.25, 0.3) is 0 Å². The lowest BCUT2D eigenvalue weighted by molar-refractivity contribution is -0.133. The largest absolute Gasteiger partial charge is 0.340 e. The van der Waals surface area contributed by atoms with Gasteiger partial charge in [-0.25, -0.2) is 4.68 Å². The number of amides is 2. The summed E-state index contributed by atoms with van der Waals surface area (Å²) in [7, 11) is 0. The van der Waals surface area contributed by atoms with Crippen LogP contribution in [0.3, 0.4) is 0 Å². The van der Waals surface area contributed by atoms with Crippen LogP contribution in [-0.2, 0) is 22.7 Å². The third-order valence-corrected chi connectivity index (χ3v) is 4.98. The molecule has 0 N–H and O–H groups in total. The number of aryl methyl sites for hydroxylation is 1. The van der Waals surface area contributed by atoms with Crippen LogP contribution in [0.5, 0.6) is 0 Å². The summed E-state index contributed by atoms with van der Waals surface area (Å²) in [5.41, 5.74) is 1.12. The van der Waals surface area contributed by atoms with E-state index in [4.69, 9.17) is 0 Å². The molecule has 3 rings (SSSR count).